The van der Waals surface area contributed by atoms with Gasteiger partial charge in [-0.05, 0) is 24.6 Å². The topological polar surface area (TPSA) is 64.4 Å². The van der Waals surface area contributed by atoms with E-state index in [2.05, 4.69) is 4.99 Å². The van der Waals surface area contributed by atoms with Crippen molar-refractivity contribution in [2.75, 3.05) is 0 Å². The highest BCUT2D eigenvalue weighted by Crippen LogP contribution is 2.26. The van der Waals surface area contributed by atoms with Crippen LogP contribution < -0.4 is 11.5 Å². The molecule has 68 valence electrons. The standard InChI is InChI=1S/C9H10FN3/c1-4-2-5-6(3-7(4)10)9(12)13-8(5)11/h2-3,9H,12H2,1H3,(H2,11,13). The van der Waals surface area contributed by atoms with Gasteiger partial charge in [-0.25, -0.2) is 9.38 Å². The van der Waals surface area contributed by atoms with E-state index in [1.54, 1.807) is 13.0 Å². The van der Waals surface area contributed by atoms with Crippen LogP contribution in [0.4, 0.5) is 4.39 Å². The van der Waals surface area contributed by atoms with Crippen LogP contribution >= 0.6 is 0 Å². The summed E-state index contributed by atoms with van der Waals surface area (Å²) in [6, 6.07) is 3.08. The first kappa shape index (κ1) is 8.19. The van der Waals surface area contributed by atoms with Crippen molar-refractivity contribution in [2.24, 2.45) is 16.5 Å². The van der Waals surface area contributed by atoms with Crippen molar-refractivity contribution in [1.29, 1.82) is 0 Å². The van der Waals surface area contributed by atoms with Crippen LogP contribution in [0, 0.1) is 12.7 Å². The normalized spacial score (nSPS) is 19.9. The van der Waals surface area contributed by atoms with Crippen LogP contribution in [0.25, 0.3) is 0 Å². The maximum Gasteiger partial charge on any atom is 0.128 e. The molecule has 4 N–H and O–H groups in total. The lowest BCUT2D eigenvalue weighted by Gasteiger charge is -2.04. The molecule has 1 heterocycles. The molecule has 1 aliphatic rings. The number of aryl methyl sites for hydroxylation is 1. The first-order chi connectivity index (χ1) is 6.09. The third-order valence-electron chi connectivity index (χ3n) is 2.20. The summed E-state index contributed by atoms with van der Waals surface area (Å²) in [5.41, 5.74) is 13.2. The van der Waals surface area contributed by atoms with Crippen LogP contribution in [-0.4, -0.2) is 5.84 Å². The van der Waals surface area contributed by atoms with Gasteiger partial charge in [0.05, 0.1) is 0 Å². The summed E-state index contributed by atoms with van der Waals surface area (Å²) < 4.78 is 13.1. The molecule has 0 amide bonds. The number of halogens is 1. The Labute approximate surface area is 75.3 Å². The molecule has 1 aliphatic heterocycles. The molecule has 0 aromatic heterocycles. The minimum absolute atomic E-state index is 0.265. The molecule has 0 bridgehead atoms. The molecular formula is C9H10FN3. The first-order valence-electron chi connectivity index (χ1n) is 3.99. The van der Waals surface area contributed by atoms with E-state index >= 15 is 0 Å². The van der Waals surface area contributed by atoms with Crippen molar-refractivity contribution in [1.82, 2.24) is 0 Å². The Balaban J connectivity index is 2.65. The number of fused-ring (bicyclic) bond motifs is 1. The number of benzene rings is 1. The van der Waals surface area contributed by atoms with E-state index in [1.165, 1.54) is 6.07 Å². The van der Waals surface area contributed by atoms with Crippen LogP contribution in [0.15, 0.2) is 17.1 Å². The fourth-order valence-corrected chi connectivity index (χ4v) is 1.45. The number of nitrogens with zero attached hydrogens (tertiary/aromatic N) is 1. The van der Waals surface area contributed by atoms with Crippen molar-refractivity contribution < 1.29 is 4.39 Å². The van der Waals surface area contributed by atoms with Gasteiger partial charge in [-0.2, -0.15) is 0 Å². The van der Waals surface area contributed by atoms with E-state index in [0.29, 0.717) is 17.0 Å². The van der Waals surface area contributed by atoms with Gasteiger partial charge in [0.1, 0.15) is 17.8 Å². The number of nitrogens with two attached hydrogens (primary N) is 2. The molecule has 13 heavy (non-hydrogen) atoms. The summed E-state index contributed by atoms with van der Waals surface area (Å²) in [6.45, 7) is 1.69. The lowest BCUT2D eigenvalue weighted by molar-refractivity contribution is 0.613. The second-order valence-electron chi connectivity index (χ2n) is 3.15. The van der Waals surface area contributed by atoms with E-state index < -0.39 is 6.17 Å². The summed E-state index contributed by atoms with van der Waals surface area (Å²) in [5.74, 6) is 0.129. The predicted octanol–water partition coefficient (Wildman–Crippen LogP) is 0.810. The van der Waals surface area contributed by atoms with Crippen molar-refractivity contribution in [3.63, 3.8) is 0 Å². The minimum Gasteiger partial charge on any atom is -0.383 e. The molecule has 4 heteroatoms. The van der Waals surface area contributed by atoms with Crippen molar-refractivity contribution in [2.45, 2.75) is 13.1 Å². The van der Waals surface area contributed by atoms with Crippen LogP contribution in [0.5, 0.6) is 0 Å². The quantitative estimate of drug-likeness (QED) is 0.619. The smallest absolute Gasteiger partial charge is 0.128 e. The van der Waals surface area contributed by atoms with Crippen molar-refractivity contribution in [3.05, 3.63) is 34.6 Å². The molecule has 1 aromatic carbocycles. The summed E-state index contributed by atoms with van der Waals surface area (Å²) in [7, 11) is 0. The number of rotatable bonds is 0. The highest BCUT2D eigenvalue weighted by atomic mass is 19.1. The number of hydrogen-bond donors (Lipinski definition) is 2. The van der Waals surface area contributed by atoms with Gasteiger partial charge in [-0.1, -0.05) is 0 Å². The zero-order valence-electron chi connectivity index (χ0n) is 7.21. The number of aliphatic imine (C=N–C) groups is 1. The van der Waals surface area contributed by atoms with E-state index in [-0.39, 0.29) is 5.82 Å². The second-order valence-corrected chi connectivity index (χ2v) is 3.15. The van der Waals surface area contributed by atoms with E-state index in [9.17, 15) is 4.39 Å². The second kappa shape index (κ2) is 2.53. The molecule has 0 radical (unpaired) electrons. The summed E-state index contributed by atoms with van der Waals surface area (Å²) >= 11 is 0. The van der Waals surface area contributed by atoms with Gasteiger partial charge in [-0.3, -0.25) is 0 Å². The average molecular weight is 179 g/mol. The van der Waals surface area contributed by atoms with Crippen LogP contribution in [-0.2, 0) is 0 Å². The summed E-state index contributed by atoms with van der Waals surface area (Å²) in [6.07, 6.45) is -0.509. The van der Waals surface area contributed by atoms with Crippen LogP contribution in [0.3, 0.4) is 0 Å². The molecule has 0 spiro atoms. The maximum absolute atomic E-state index is 13.1. The van der Waals surface area contributed by atoms with Gasteiger partial charge in [0.25, 0.3) is 0 Å². The van der Waals surface area contributed by atoms with E-state index in [4.69, 9.17) is 11.5 Å². The van der Waals surface area contributed by atoms with E-state index in [1.807, 2.05) is 0 Å². The number of amidine groups is 1. The maximum atomic E-state index is 13.1. The molecule has 2 rings (SSSR count). The SMILES string of the molecule is Cc1cc2c(cc1F)C(N)N=C2N. The van der Waals surface area contributed by atoms with Gasteiger partial charge in [0, 0.05) is 11.1 Å². The molecule has 0 fully saturated rings. The van der Waals surface area contributed by atoms with Gasteiger partial charge in [0.15, 0.2) is 0 Å². The Hall–Kier alpha value is -1.42. The summed E-state index contributed by atoms with van der Waals surface area (Å²) in [5, 5.41) is 0. The molecule has 1 atom stereocenters. The highest BCUT2D eigenvalue weighted by Gasteiger charge is 2.21. The third-order valence-corrected chi connectivity index (χ3v) is 2.20. The fourth-order valence-electron chi connectivity index (χ4n) is 1.45. The Morgan fingerprint density at radius 1 is 1.46 bits per heavy atom. The predicted molar refractivity (Wildman–Crippen MR) is 48.8 cm³/mol. The number of hydrogen-bond acceptors (Lipinski definition) is 3. The van der Waals surface area contributed by atoms with E-state index in [0.717, 1.165) is 5.56 Å². The lowest BCUT2D eigenvalue weighted by Crippen LogP contribution is -2.10. The minimum atomic E-state index is -0.509. The largest absolute Gasteiger partial charge is 0.383 e. The van der Waals surface area contributed by atoms with Crippen molar-refractivity contribution in [3.8, 4) is 0 Å². The monoisotopic (exact) mass is 179 g/mol. The van der Waals surface area contributed by atoms with Gasteiger partial charge >= 0.3 is 0 Å². The van der Waals surface area contributed by atoms with Gasteiger partial charge in [-0.15, -0.1) is 0 Å². The molecule has 0 saturated heterocycles. The van der Waals surface area contributed by atoms with Crippen LogP contribution in [0.1, 0.15) is 22.9 Å². The fraction of sp³-hybridized carbons (Fsp3) is 0.222. The highest BCUT2D eigenvalue weighted by molar-refractivity contribution is 6.01. The Kier molecular flexibility index (Phi) is 1.60. The average Bonchev–Trinajstić information content (AvgIpc) is 2.31. The first-order valence-corrected chi connectivity index (χ1v) is 3.99. The van der Waals surface area contributed by atoms with Gasteiger partial charge < -0.3 is 11.5 Å². The molecule has 1 aromatic rings. The van der Waals surface area contributed by atoms with Crippen molar-refractivity contribution >= 4 is 5.84 Å². The Morgan fingerprint density at radius 3 is 2.85 bits per heavy atom. The molecule has 3 nitrogen and oxygen atoms in total. The Morgan fingerprint density at radius 2 is 2.15 bits per heavy atom. The zero-order valence-corrected chi connectivity index (χ0v) is 7.21. The molecule has 0 aliphatic carbocycles. The molecular weight excluding hydrogens is 169 g/mol. The lowest BCUT2D eigenvalue weighted by atomic mass is 10.0. The summed E-state index contributed by atoms with van der Waals surface area (Å²) in [4.78, 5) is 3.94. The van der Waals surface area contributed by atoms with Crippen LogP contribution in [0.2, 0.25) is 0 Å². The Bertz CT molecular complexity index is 398. The molecule has 1 unspecified atom stereocenters. The zero-order chi connectivity index (χ0) is 9.59. The van der Waals surface area contributed by atoms with Gasteiger partial charge in [0.2, 0.25) is 0 Å². The molecule has 0 saturated carbocycles. The third kappa shape index (κ3) is 1.10.